The topological polar surface area (TPSA) is 93.2 Å². The molecule has 0 spiro atoms. The van der Waals surface area contributed by atoms with Crippen LogP contribution in [0, 0.1) is 17.7 Å². The van der Waals surface area contributed by atoms with Gasteiger partial charge in [-0.05, 0) is 30.2 Å². The Kier molecular flexibility index (Phi) is 7.61. The molecular weight excluding hydrogens is 403 g/mol. The van der Waals surface area contributed by atoms with Crippen molar-refractivity contribution >= 4 is 23.4 Å². The van der Waals surface area contributed by atoms with E-state index in [2.05, 4.69) is 10.2 Å². The second-order valence-corrected chi connectivity index (χ2v) is 8.50. The molecular formula is C22H31FN4O4. The predicted molar refractivity (Wildman–Crippen MR) is 114 cm³/mol. The zero-order valence-electron chi connectivity index (χ0n) is 18.1. The number of β-amino-alcohol motifs (C(OH)–C–C–N with tert-alkyl or cyclic N) is 1. The molecule has 0 saturated carbocycles. The lowest BCUT2D eigenvalue weighted by atomic mass is 10.00. The second-order valence-electron chi connectivity index (χ2n) is 8.50. The average Bonchev–Trinajstić information content (AvgIpc) is 3.14. The minimum atomic E-state index is -0.660. The van der Waals surface area contributed by atoms with Crippen molar-refractivity contribution in [2.24, 2.45) is 11.8 Å². The molecule has 0 aliphatic carbocycles. The summed E-state index contributed by atoms with van der Waals surface area (Å²) in [5.74, 6) is -1.68. The van der Waals surface area contributed by atoms with Crippen molar-refractivity contribution in [3.63, 3.8) is 0 Å². The Bertz CT molecular complexity index is 793. The Morgan fingerprint density at radius 1 is 1.16 bits per heavy atom. The van der Waals surface area contributed by atoms with Crippen LogP contribution in [-0.4, -0.2) is 84.5 Å². The molecule has 1 aromatic rings. The fourth-order valence-corrected chi connectivity index (χ4v) is 4.07. The molecule has 0 aromatic heterocycles. The van der Waals surface area contributed by atoms with Gasteiger partial charge in [-0.1, -0.05) is 13.8 Å². The molecule has 2 aliphatic heterocycles. The number of anilines is 1. The number of rotatable bonds is 7. The van der Waals surface area contributed by atoms with Gasteiger partial charge in [-0.25, -0.2) is 4.39 Å². The molecule has 3 amide bonds. The molecule has 0 radical (unpaired) electrons. The summed E-state index contributed by atoms with van der Waals surface area (Å²) in [6.45, 7) is 7.14. The number of carbonyl (C=O) groups excluding carboxylic acids is 3. The quantitative estimate of drug-likeness (QED) is 0.650. The van der Waals surface area contributed by atoms with Crippen molar-refractivity contribution in [3.05, 3.63) is 30.1 Å². The summed E-state index contributed by atoms with van der Waals surface area (Å²) in [6, 6.07) is 4.94. The number of aliphatic hydroxyl groups excluding tert-OH is 1. The molecule has 0 bridgehead atoms. The molecule has 2 heterocycles. The molecule has 31 heavy (non-hydrogen) atoms. The van der Waals surface area contributed by atoms with Gasteiger partial charge in [0.1, 0.15) is 11.9 Å². The predicted octanol–water partition coefficient (Wildman–Crippen LogP) is 0.456. The number of nitrogens with zero attached hydrogens (tertiary/aromatic N) is 3. The Morgan fingerprint density at radius 2 is 1.81 bits per heavy atom. The summed E-state index contributed by atoms with van der Waals surface area (Å²) in [6.07, 6.45) is 0.0576. The van der Waals surface area contributed by atoms with E-state index in [1.165, 1.54) is 29.2 Å². The first kappa shape index (κ1) is 23.1. The monoisotopic (exact) mass is 434 g/mol. The van der Waals surface area contributed by atoms with Crippen molar-refractivity contribution < 1.29 is 23.9 Å². The molecule has 3 rings (SSSR count). The summed E-state index contributed by atoms with van der Waals surface area (Å²) in [7, 11) is 0. The molecule has 9 heteroatoms. The zero-order chi connectivity index (χ0) is 22.5. The van der Waals surface area contributed by atoms with Crippen LogP contribution in [0.3, 0.4) is 0 Å². The first-order valence-electron chi connectivity index (χ1n) is 10.8. The number of hydrogen-bond acceptors (Lipinski definition) is 5. The largest absolute Gasteiger partial charge is 0.395 e. The van der Waals surface area contributed by atoms with E-state index in [4.69, 9.17) is 5.11 Å². The summed E-state index contributed by atoms with van der Waals surface area (Å²) < 4.78 is 13.2. The van der Waals surface area contributed by atoms with Gasteiger partial charge >= 0.3 is 0 Å². The van der Waals surface area contributed by atoms with Crippen LogP contribution in [0.4, 0.5) is 10.1 Å². The van der Waals surface area contributed by atoms with Gasteiger partial charge in [-0.2, -0.15) is 0 Å². The lowest BCUT2D eigenvalue weighted by Crippen LogP contribution is -2.57. The minimum absolute atomic E-state index is 0.0576. The molecule has 2 N–H and O–H groups in total. The Balaban J connectivity index is 1.60. The Hall–Kier alpha value is -2.52. The second kappa shape index (κ2) is 10.2. The van der Waals surface area contributed by atoms with E-state index in [0.717, 1.165) is 0 Å². The molecule has 2 fully saturated rings. The number of hydrogen-bond donors (Lipinski definition) is 2. The third-order valence-corrected chi connectivity index (χ3v) is 5.96. The lowest BCUT2D eigenvalue weighted by Gasteiger charge is -2.37. The highest BCUT2D eigenvalue weighted by atomic mass is 19.1. The highest BCUT2D eigenvalue weighted by Gasteiger charge is 2.38. The third kappa shape index (κ3) is 5.59. The first-order valence-corrected chi connectivity index (χ1v) is 10.8. The molecule has 2 unspecified atom stereocenters. The summed E-state index contributed by atoms with van der Waals surface area (Å²) in [5.41, 5.74) is 0.555. The molecule has 1 aromatic carbocycles. The van der Waals surface area contributed by atoms with Crippen LogP contribution in [0.5, 0.6) is 0 Å². The van der Waals surface area contributed by atoms with Gasteiger partial charge in [-0.15, -0.1) is 0 Å². The van der Waals surface area contributed by atoms with Crippen LogP contribution >= 0.6 is 0 Å². The average molecular weight is 435 g/mol. The van der Waals surface area contributed by atoms with Crippen molar-refractivity contribution in [1.82, 2.24) is 15.1 Å². The molecule has 8 nitrogen and oxygen atoms in total. The van der Waals surface area contributed by atoms with Crippen molar-refractivity contribution in [2.75, 3.05) is 50.8 Å². The zero-order valence-corrected chi connectivity index (χ0v) is 18.1. The summed E-state index contributed by atoms with van der Waals surface area (Å²) in [5, 5.41) is 11.9. The smallest absolute Gasteiger partial charge is 0.245 e. The number of benzene rings is 1. The van der Waals surface area contributed by atoms with E-state index >= 15 is 0 Å². The first-order chi connectivity index (χ1) is 14.8. The van der Waals surface area contributed by atoms with Crippen molar-refractivity contribution in [3.8, 4) is 0 Å². The summed E-state index contributed by atoms with van der Waals surface area (Å²) >= 11 is 0. The van der Waals surface area contributed by atoms with Crippen LogP contribution in [-0.2, 0) is 14.4 Å². The maximum Gasteiger partial charge on any atom is 0.245 e. The van der Waals surface area contributed by atoms with E-state index in [-0.39, 0.29) is 49.0 Å². The molecule has 2 atom stereocenters. The van der Waals surface area contributed by atoms with Crippen LogP contribution in [0.1, 0.15) is 20.3 Å². The number of halogens is 1. The highest BCUT2D eigenvalue weighted by molar-refractivity contribution is 6.01. The van der Waals surface area contributed by atoms with Crippen LogP contribution < -0.4 is 10.2 Å². The van der Waals surface area contributed by atoms with E-state index in [1.54, 1.807) is 4.90 Å². The van der Waals surface area contributed by atoms with Crippen LogP contribution in [0.2, 0.25) is 0 Å². The minimum Gasteiger partial charge on any atom is -0.395 e. The summed E-state index contributed by atoms with van der Waals surface area (Å²) in [4.78, 5) is 43.7. The fraction of sp³-hybridized carbons (Fsp3) is 0.591. The SMILES string of the molecule is CC(C)C(NC(=O)C1CC(=O)N(c2ccc(F)cc2)C1)C(=O)N1CCN(CCO)CC1. The van der Waals surface area contributed by atoms with E-state index in [1.807, 2.05) is 13.8 Å². The standard InChI is InChI=1S/C22H31FN4O4/c1-15(2)20(22(31)26-9-7-25(8-10-26)11-12-28)24-21(30)16-13-19(29)27(14-16)18-5-3-17(23)4-6-18/h3-6,15-16,20,28H,7-14H2,1-2H3,(H,24,30). The van der Waals surface area contributed by atoms with E-state index < -0.39 is 12.0 Å². The van der Waals surface area contributed by atoms with Gasteiger partial charge in [0.2, 0.25) is 17.7 Å². The number of nitrogens with one attached hydrogen (secondary N) is 1. The lowest BCUT2D eigenvalue weighted by molar-refractivity contribution is -0.140. The van der Waals surface area contributed by atoms with E-state index in [0.29, 0.717) is 38.4 Å². The Labute approximate surface area is 182 Å². The maximum absolute atomic E-state index is 13.2. The fourth-order valence-electron chi connectivity index (χ4n) is 4.07. The van der Waals surface area contributed by atoms with Crippen LogP contribution in [0.15, 0.2) is 24.3 Å². The highest BCUT2D eigenvalue weighted by Crippen LogP contribution is 2.25. The number of aliphatic hydroxyl groups is 1. The van der Waals surface area contributed by atoms with Gasteiger partial charge in [-0.3, -0.25) is 19.3 Å². The normalized spacial score (nSPS) is 20.9. The molecule has 170 valence electrons. The molecule has 2 saturated heterocycles. The number of piperazine rings is 1. The van der Waals surface area contributed by atoms with Crippen molar-refractivity contribution in [1.29, 1.82) is 0 Å². The van der Waals surface area contributed by atoms with Crippen molar-refractivity contribution in [2.45, 2.75) is 26.3 Å². The number of amides is 3. The molecule has 2 aliphatic rings. The van der Waals surface area contributed by atoms with Gasteiger partial charge in [0.05, 0.1) is 12.5 Å². The van der Waals surface area contributed by atoms with Gasteiger partial charge in [0.25, 0.3) is 0 Å². The van der Waals surface area contributed by atoms with Crippen LogP contribution in [0.25, 0.3) is 0 Å². The third-order valence-electron chi connectivity index (χ3n) is 5.96. The van der Waals surface area contributed by atoms with E-state index in [9.17, 15) is 18.8 Å². The number of carbonyl (C=O) groups is 3. The van der Waals surface area contributed by atoms with Gasteiger partial charge in [0, 0.05) is 51.4 Å². The van der Waals surface area contributed by atoms with Gasteiger partial charge < -0.3 is 20.2 Å². The Morgan fingerprint density at radius 3 is 2.39 bits per heavy atom. The van der Waals surface area contributed by atoms with Gasteiger partial charge in [0.15, 0.2) is 0 Å². The maximum atomic E-state index is 13.2.